The number of aromatic hydroxyl groups is 1. The van der Waals surface area contributed by atoms with Crippen LogP contribution < -0.4 is 5.43 Å². The number of carbonyl (C=O) groups excluding carboxylic acids is 1. The van der Waals surface area contributed by atoms with Gasteiger partial charge in [0.05, 0.1) is 30.9 Å². The molecular weight excluding hydrogens is 423 g/mol. The molecule has 1 fully saturated rings. The summed E-state index contributed by atoms with van der Waals surface area (Å²) in [6.07, 6.45) is 2.02. The third kappa shape index (κ3) is 3.22. The van der Waals surface area contributed by atoms with Crippen LogP contribution >= 0.6 is 11.3 Å². The Kier molecular flexibility index (Phi) is 4.82. The Hall–Kier alpha value is -3.11. The molecule has 160 valence electrons. The molecule has 8 nitrogen and oxygen atoms in total. The number of benzene rings is 1. The van der Waals surface area contributed by atoms with E-state index in [0.717, 1.165) is 5.56 Å². The van der Waals surface area contributed by atoms with Crippen molar-refractivity contribution in [3.05, 3.63) is 62.8 Å². The predicted molar refractivity (Wildman–Crippen MR) is 111 cm³/mol. The van der Waals surface area contributed by atoms with Crippen LogP contribution in [0.1, 0.15) is 34.0 Å². The summed E-state index contributed by atoms with van der Waals surface area (Å²) in [4.78, 5) is 27.5. The molecule has 31 heavy (non-hydrogen) atoms. The van der Waals surface area contributed by atoms with E-state index < -0.39 is 11.2 Å². The second-order valence-electron chi connectivity index (χ2n) is 7.54. The lowest BCUT2D eigenvalue weighted by molar-refractivity contribution is 0.0571. The minimum atomic E-state index is -0.655. The molecule has 2 aliphatic rings. The number of nitrogens with zero attached hydrogens (tertiary/aromatic N) is 4. The van der Waals surface area contributed by atoms with E-state index in [1.807, 2.05) is 6.92 Å². The highest BCUT2D eigenvalue weighted by Crippen LogP contribution is 2.36. The van der Waals surface area contributed by atoms with Gasteiger partial charge < -0.3 is 19.3 Å². The molecule has 1 unspecified atom stereocenters. The molecule has 0 bridgehead atoms. The Morgan fingerprint density at radius 3 is 2.68 bits per heavy atom. The van der Waals surface area contributed by atoms with Crippen LogP contribution in [0.2, 0.25) is 0 Å². The standard InChI is InChI=1S/C21H19FN4O4S/c1-2-25-14-9-30-10-15(14)26-8-13(18(27)19(28)17(26)21(25)29)20-24-23-16(31-20)7-11-3-5-12(22)6-4-11/h3-6,8,14-15,28H,2,7,9-10H2,1H3/t14-,15?/m0/s1. The number of carbonyl (C=O) groups is 1. The number of hydrogen-bond donors (Lipinski definition) is 1. The lowest BCUT2D eigenvalue weighted by atomic mass is 10.0. The Morgan fingerprint density at radius 2 is 1.94 bits per heavy atom. The number of pyridine rings is 1. The van der Waals surface area contributed by atoms with Gasteiger partial charge in [0.1, 0.15) is 10.8 Å². The summed E-state index contributed by atoms with van der Waals surface area (Å²) in [5, 5.41) is 19.9. The van der Waals surface area contributed by atoms with Crippen molar-refractivity contribution in [2.45, 2.75) is 25.4 Å². The van der Waals surface area contributed by atoms with E-state index in [0.29, 0.717) is 36.2 Å². The number of ether oxygens (including phenoxy) is 1. The zero-order chi connectivity index (χ0) is 21.7. The molecule has 2 aliphatic heterocycles. The molecule has 5 rings (SSSR count). The first kappa shape index (κ1) is 19.8. The van der Waals surface area contributed by atoms with Crippen molar-refractivity contribution in [3.63, 3.8) is 0 Å². The van der Waals surface area contributed by atoms with Gasteiger partial charge in [-0.25, -0.2) is 4.39 Å². The molecule has 1 amide bonds. The number of aromatic nitrogens is 3. The molecule has 1 aromatic carbocycles. The molecule has 10 heteroatoms. The van der Waals surface area contributed by atoms with Gasteiger partial charge in [0, 0.05) is 19.2 Å². The summed E-state index contributed by atoms with van der Waals surface area (Å²) in [6, 6.07) is 5.75. The fourth-order valence-corrected chi connectivity index (χ4v) is 5.10. The summed E-state index contributed by atoms with van der Waals surface area (Å²) in [6.45, 7) is 3.11. The van der Waals surface area contributed by atoms with Crippen molar-refractivity contribution in [3.8, 4) is 16.3 Å². The van der Waals surface area contributed by atoms with Crippen LogP contribution in [0.3, 0.4) is 0 Å². The molecular formula is C21H19FN4O4S. The van der Waals surface area contributed by atoms with Crippen molar-refractivity contribution in [1.82, 2.24) is 19.7 Å². The van der Waals surface area contributed by atoms with E-state index in [-0.39, 0.29) is 35.1 Å². The van der Waals surface area contributed by atoms with Crippen molar-refractivity contribution < 1.29 is 19.0 Å². The quantitative estimate of drug-likeness (QED) is 0.666. The molecule has 0 saturated carbocycles. The molecule has 4 heterocycles. The maximum absolute atomic E-state index is 13.1. The maximum Gasteiger partial charge on any atom is 0.274 e. The maximum atomic E-state index is 13.1. The van der Waals surface area contributed by atoms with Crippen molar-refractivity contribution in [1.29, 1.82) is 0 Å². The molecule has 0 aliphatic carbocycles. The van der Waals surface area contributed by atoms with Gasteiger partial charge in [-0.1, -0.05) is 23.5 Å². The minimum Gasteiger partial charge on any atom is -0.503 e. The van der Waals surface area contributed by atoms with Crippen LogP contribution in [0.5, 0.6) is 5.75 Å². The topological polar surface area (TPSA) is 97.5 Å². The SMILES string of the molecule is CCN1C(=O)c2c(O)c(=O)c(-c3nnc(Cc4ccc(F)cc4)s3)cn2C2COC[C@@H]21. The van der Waals surface area contributed by atoms with Crippen LogP contribution in [0, 0.1) is 5.82 Å². The fraction of sp³-hybridized carbons (Fsp3) is 0.333. The number of fused-ring (bicyclic) bond motifs is 3. The van der Waals surface area contributed by atoms with Crippen LogP contribution in [-0.2, 0) is 11.2 Å². The van der Waals surface area contributed by atoms with Gasteiger partial charge in [-0.2, -0.15) is 0 Å². The van der Waals surface area contributed by atoms with Crippen molar-refractivity contribution in [2.75, 3.05) is 19.8 Å². The molecule has 3 aromatic rings. The van der Waals surface area contributed by atoms with Crippen molar-refractivity contribution in [2.24, 2.45) is 0 Å². The normalized spacial score (nSPS) is 20.1. The first-order valence-corrected chi connectivity index (χ1v) is 10.7. The van der Waals surface area contributed by atoms with Gasteiger partial charge in [0.15, 0.2) is 16.5 Å². The Balaban J connectivity index is 1.55. The summed E-state index contributed by atoms with van der Waals surface area (Å²) in [5.41, 5.74) is 0.383. The van der Waals surface area contributed by atoms with E-state index >= 15 is 0 Å². The summed E-state index contributed by atoms with van der Waals surface area (Å²) in [5.74, 6) is -1.28. The molecule has 2 atom stereocenters. The minimum absolute atomic E-state index is 0.0154. The van der Waals surface area contributed by atoms with E-state index in [1.165, 1.54) is 23.5 Å². The summed E-state index contributed by atoms with van der Waals surface area (Å²) in [7, 11) is 0. The first-order valence-electron chi connectivity index (χ1n) is 9.92. The predicted octanol–water partition coefficient (Wildman–Crippen LogP) is 2.22. The van der Waals surface area contributed by atoms with Crippen LogP contribution in [-0.4, -0.2) is 56.5 Å². The van der Waals surface area contributed by atoms with E-state index in [9.17, 15) is 19.1 Å². The highest BCUT2D eigenvalue weighted by molar-refractivity contribution is 7.14. The van der Waals surface area contributed by atoms with Crippen LogP contribution in [0.15, 0.2) is 35.3 Å². The highest BCUT2D eigenvalue weighted by Gasteiger charge is 2.44. The Labute approximate surface area is 180 Å². The van der Waals surface area contributed by atoms with Gasteiger partial charge in [-0.15, -0.1) is 10.2 Å². The number of halogens is 1. The second-order valence-corrected chi connectivity index (χ2v) is 8.61. The van der Waals surface area contributed by atoms with Gasteiger partial charge in [-0.05, 0) is 24.6 Å². The van der Waals surface area contributed by atoms with E-state index in [1.54, 1.807) is 27.8 Å². The van der Waals surface area contributed by atoms with Gasteiger partial charge >= 0.3 is 0 Å². The van der Waals surface area contributed by atoms with Gasteiger partial charge in [0.2, 0.25) is 5.43 Å². The number of amides is 1. The third-order valence-corrected chi connectivity index (χ3v) is 6.72. The lowest BCUT2D eigenvalue weighted by Gasteiger charge is -2.38. The number of hydrogen-bond acceptors (Lipinski definition) is 7. The molecule has 2 aromatic heterocycles. The molecule has 1 N–H and O–H groups in total. The molecule has 0 radical (unpaired) electrons. The smallest absolute Gasteiger partial charge is 0.274 e. The fourth-order valence-electron chi connectivity index (χ4n) is 4.22. The third-order valence-electron chi connectivity index (χ3n) is 5.76. The summed E-state index contributed by atoms with van der Waals surface area (Å²) >= 11 is 1.22. The Bertz CT molecular complexity index is 1220. The zero-order valence-corrected chi connectivity index (χ0v) is 17.4. The second kappa shape index (κ2) is 7.54. The number of rotatable bonds is 4. The first-order chi connectivity index (χ1) is 15.0. The summed E-state index contributed by atoms with van der Waals surface area (Å²) < 4.78 is 20.4. The Morgan fingerprint density at radius 1 is 1.19 bits per heavy atom. The van der Waals surface area contributed by atoms with E-state index in [4.69, 9.17) is 4.74 Å². The lowest BCUT2D eigenvalue weighted by Crippen LogP contribution is -2.51. The molecule has 1 saturated heterocycles. The van der Waals surface area contributed by atoms with Crippen molar-refractivity contribution >= 4 is 17.2 Å². The molecule has 0 spiro atoms. The van der Waals surface area contributed by atoms with Crippen LogP contribution in [0.4, 0.5) is 4.39 Å². The largest absolute Gasteiger partial charge is 0.503 e. The van der Waals surface area contributed by atoms with Gasteiger partial charge in [0.25, 0.3) is 5.91 Å². The van der Waals surface area contributed by atoms with Crippen LogP contribution in [0.25, 0.3) is 10.6 Å². The number of likely N-dealkylation sites (N-methyl/N-ethyl adjacent to an activating group) is 1. The average molecular weight is 442 g/mol. The van der Waals surface area contributed by atoms with E-state index in [2.05, 4.69) is 10.2 Å². The zero-order valence-electron chi connectivity index (χ0n) is 16.6. The highest BCUT2D eigenvalue weighted by atomic mass is 32.1. The van der Waals surface area contributed by atoms with Gasteiger partial charge in [-0.3, -0.25) is 9.59 Å². The average Bonchev–Trinajstić information content (AvgIpc) is 3.42. The monoisotopic (exact) mass is 442 g/mol.